The Labute approximate surface area is 103 Å². The third-order valence-corrected chi connectivity index (χ3v) is 0.895. The number of hydrogen-bond donors (Lipinski definition) is 3. The second kappa shape index (κ2) is 12.4. The van der Waals surface area contributed by atoms with E-state index in [2.05, 4.69) is 40.2 Å². The van der Waals surface area contributed by atoms with Crippen LogP contribution < -0.4 is 0 Å². The molecule has 0 aromatic carbocycles. The Balaban J connectivity index is -0.000000173. The molecule has 0 aliphatic heterocycles. The van der Waals surface area contributed by atoms with Gasteiger partial charge in [0, 0.05) is 0 Å². The van der Waals surface area contributed by atoms with Gasteiger partial charge in [-0.25, -0.2) is 9.59 Å². The van der Waals surface area contributed by atoms with Gasteiger partial charge in [-0.3, -0.25) is 0 Å². The van der Waals surface area contributed by atoms with Gasteiger partial charge in [0.15, 0.2) is 32.5 Å². The zero-order chi connectivity index (χ0) is 10.1. The van der Waals surface area contributed by atoms with Crippen LogP contribution in [-0.4, -0.2) is 53.2 Å². The molecule has 0 aromatic heterocycles. The normalized spacial score (nSPS) is 6.85. The number of hydrogen-bond acceptors (Lipinski definition) is 7. The third kappa shape index (κ3) is 19.0. The zero-order valence-electron chi connectivity index (χ0n) is 5.31. The summed E-state index contributed by atoms with van der Waals surface area (Å²) in [6.07, 6.45) is 0. The molecule has 11 heteroatoms. The van der Waals surface area contributed by atoms with E-state index in [1.54, 1.807) is 0 Å². The molecule has 72 valence electrons. The minimum absolute atomic E-state index is 0. The molecule has 0 spiro atoms. The van der Waals surface area contributed by atoms with Crippen molar-refractivity contribution in [2.24, 2.45) is 0 Å². The fourth-order valence-electron chi connectivity index (χ4n) is 0.0630. The molecule has 0 bridgehead atoms. The second-order valence-corrected chi connectivity index (χ2v) is 1.72. The Morgan fingerprint density at radius 3 is 1.23 bits per heavy atom. The van der Waals surface area contributed by atoms with Gasteiger partial charge in [0.25, 0.3) is 0 Å². The fourth-order valence-corrected chi connectivity index (χ4v) is 0.327. The first-order valence-electron chi connectivity index (χ1n) is 2.15. The molecule has 0 saturated heterocycles. The van der Waals surface area contributed by atoms with Gasteiger partial charge in [-0.1, -0.05) is 0 Å². The number of rotatable bonds is 0. The van der Waals surface area contributed by atoms with Gasteiger partial charge < -0.3 is 22.7 Å². The van der Waals surface area contributed by atoms with Gasteiger partial charge in [0.1, 0.15) is 0 Å². The SMILES string of the molecule is O=C(OBr)C(=O)OBr.OB(O)O.[LiH]. The van der Waals surface area contributed by atoms with Crippen LogP contribution >= 0.6 is 32.5 Å². The summed E-state index contributed by atoms with van der Waals surface area (Å²) in [5.74, 6) is -2.22. The van der Waals surface area contributed by atoms with Crippen LogP contribution in [-0.2, 0) is 17.2 Å². The molecule has 0 amide bonds. The Kier molecular flexibility index (Phi) is 18.3. The van der Waals surface area contributed by atoms with Crippen LogP contribution in [0, 0.1) is 0 Å². The Morgan fingerprint density at radius 2 is 1.15 bits per heavy atom. The molecular formula is C2H4BBr2LiO7. The summed E-state index contributed by atoms with van der Waals surface area (Å²) in [7, 11) is -2.17. The van der Waals surface area contributed by atoms with E-state index < -0.39 is 19.3 Å². The van der Waals surface area contributed by atoms with E-state index in [0.717, 1.165) is 0 Å². The van der Waals surface area contributed by atoms with Gasteiger partial charge >= 0.3 is 38.1 Å². The maximum absolute atomic E-state index is 9.97. The van der Waals surface area contributed by atoms with E-state index in [-0.39, 0.29) is 18.9 Å². The van der Waals surface area contributed by atoms with Crippen molar-refractivity contribution in [3.05, 3.63) is 0 Å². The average molecular weight is 318 g/mol. The van der Waals surface area contributed by atoms with Gasteiger partial charge in [-0.05, 0) is 0 Å². The van der Waals surface area contributed by atoms with Gasteiger partial charge in [0.2, 0.25) is 0 Å². The number of carbonyl (C=O) groups is 2. The molecule has 0 heterocycles. The molecule has 13 heavy (non-hydrogen) atoms. The van der Waals surface area contributed by atoms with Crippen LogP contribution in [0.3, 0.4) is 0 Å². The van der Waals surface area contributed by atoms with E-state index in [1.807, 2.05) is 0 Å². The Morgan fingerprint density at radius 1 is 1.00 bits per heavy atom. The van der Waals surface area contributed by atoms with E-state index in [4.69, 9.17) is 15.1 Å². The monoisotopic (exact) mass is 316 g/mol. The first-order chi connectivity index (χ1) is 5.45. The van der Waals surface area contributed by atoms with Crippen molar-refractivity contribution in [2.75, 3.05) is 0 Å². The van der Waals surface area contributed by atoms with Crippen molar-refractivity contribution in [1.82, 2.24) is 0 Å². The third-order valence-electron chi connectivity index (χ3n) is 0.307. The summed E-state index contributed by atoms with van der Waals surface area (Å²) in [6.45, 7) is 0. The van der Waals surface area contributed by atoms with Crippen molar-refractivity contribution < 1.29 is 32.3 Å². The number of carbonyl (C=O) groups excluding carboxylic acids is 2. The predicted octanol–water partition coefficient (Wildman–Crippen LogP) is -2.01. The second-order valence-electron chi connectivity index (χ2n) is 1.08. The molecule has 3 N–H and O–H groups in total. The zero-order valence-corrected chi connectivity index (χ0v) is 8.48. The summed E-state index contributed by atoms with van der Waals surface area (Å²) >= 11 is 4.57. The summed E-state index contributed by atoms with van der Waals surface area (Å²) in [4.78, 5) is 19.9. The van der Waals surface area contributed by atoms with Gasteiger partial charge in [0.05, 0.1) is 0 Å². The molecule has 0 aliphatic carbocycles. The van der Waals surface area contributed by atoms with Crippen LogP contribution in [0.1, 0.15) is 0 Å². The quantitative estimate of drug-likeness (QED) is 0.349. The van der Waals surface area contributed by atoms with Crippen LogP contribution in [0.4, 0.5) is 0 Å². The van der Waals surface area contributed by atoms with Crippen molar-refractivity contribution >= 4 is 70.6 Å². The van der Waals surface area contributed by atoms with Crippen LogP contribution in [0.25, 0.3) is 0 Å². The Bertz CT molecular complexity index is 137. The van der Waals surface area contributed by atoms with Crippen LogP contribution in [0.5, 0.6) is 0 Å². The molecule has 0 radical (unpaired) electrons. The molecule has 0 saturated carbocycles. The molecular weight excluding hydrogens is 314 g/mol. The number of halogens is 2. The van der Waals surface area contributed by atoms with Crippen molar-refractivity contribution in [2.45, 2.75) is 0 Å². The van der Waals surface area contributed by atoms with E-state index in [9.17, 15) is 9.59 Å². The maximum atomic E-state index is 9.97. The van der Waals surface area contributed by atoms with Crippen LogP contribution in [0.2, 0.25) is 0 Å². The molecule has 0 fully saturated rings. The molecule has 0 unspecified atom stereocenters. The first-order valence-corrected chi connectivity index (χ1v) is 3.44. The summed E-state index contributed by atoms with van der Waals surface area (Å²) < 4.78 is 7.54. The molecule has 0 aliphatic rings. The Hall–Kier alpha value is 0.442. The van der Waals surface area contributed by atoms with Crippen molar-refractivity contribution in [3.63, 3.8) is 0 Å². The minimum atomic E-state index is -2.17. The topological polar surface area (TPSA) is 113 Å². The van der Waals surface area contributed by atoms with E-state index in [0.29, 0.717) is 0 Å². The molecule has 0 atom stereocenters. The first kappa shape index (κ1) is 19.1. The molecule has 7 nitrogen and oxygen atoms in total. The molecule has 0 aromatic rings. The van der Waals surface area contributed by atoms with Gasteiger partial charge in [-0.2, -0.15) is 0 Å². The predicted molar refractivity (Wildman–Crippen MR) is 49.6 cm³/mol. The van der Waals surface area contributed by atoms with Crippen LogP contribution in [0.15, 0.2) is 0 Å². The average Bonchev–Trinajstić information content (AvgIpc) is 2.00. The van der Waals surface area contributed by atoms with E-state index in [1.165, 1.54) is 0 Å². The van der Waals surface area contributed by atoms with Gasteiger partial charge in [-0.15, -0.1) is 0 Å². The summed E-state index contributed by atoms with van der Waals surface area (Å²) in [5, 5.41) is 21.5. The van der Waals surface area contributed by atoms with Crippen molar-refractivity contribution in [1.29, 1.82) is 0 Å². The fraction of sp³-hybridized carbons (Fsp3) is 0. The van der Waals surface area contributed by atoms with E-state index >= 15 is 0 Å². The van der Waals surface area contributed by atoms with Crippen molar-refractivity contribution in [3.8, 4) is 0 Å². The standard InChI is InChI=1S/C2Br2O4.BH3O3.Li.H/c3-7-1(5)2(6)8-4;2-1(3)4;;/h;2-4H;;. The molecule has 0 rings (SSSR count). The summed E-state index contributed by atoms with van der Waals surface area (Å²) in [5.41, 5.74) is 0. The summed E-state index contributed by atoms with van der Waals surface area (Å²) in [6, 6.07) is 0.